The molecule has 2 aromatic rings. The Kier molecular flexibility index (Phi) is 5.86. The lowest BCUT2D eigenvalue weighted by molar-refractivity contribution is -0.121. The molecule has 0 fully saturated rings. The fourth-order valence-electron chi connectivity index (χ4n) is 2.09. The van der Waals surface area contributed by atoms with Crippen LogP contribution in [-0.2, 0) is 21.4 Å². The highest BCUT2D eigenvalue weighted by Crippen LogP contribution is 2.18. The third kappa shape index (κ3) is 5.31. The van der Waals surface area contributed by atoms with E-state index in [0.29, 0.717) is 12.2 Å². The molecule has 2 rings (SSSR count). The van der Waals surface area contributed by atoms with Gasteiger partial charge in [0.05, 0.1) is 11.9 Å². The summed E-state index contributed by atoms with van der Waals surface area (Å²) in [6.45, 7) is 0.297. The predicted molar refractivity (Wildman–Crippen MR) is 89.3 cm³/mol. The van der Waals surface area contributed by atoms with E-state index < -0.39 is 15.8 Å². The minimum Gasteiger partial charge on any atom is -0.352 e. The molecule has 0 aliphatic heterocycles. The van der Waals surface area contributed by atoms with Crippen LogP contribution >= 0.6 is 0 Å². The van der Waals surface area contributed by atoms with Gasteiger partial charge < -0.3 is 5.32 Å². The van der Waals surface area contributed by atoms with E-state index >= 15 is 0 Å². The molecule has 0 unspecified atom stereocenters. The van der Waals surface area contributed by atoms with Gasteiger partial charge in [-0.05, 0) is 35.9 Å². The molecule has 0 bridgehead atoms. The number of hydrogen-bond acceptors (Lipinski definition) is 4. The van der Waals surface area contributed by atoms with Gasteiger partial charge in [-0.3, -0.25) is 14.1 Å². The second-order valence-corrected chi connectivity index (χ2v) is 7.11. The summed E-state index contributed by atoms with van der Waals surface area (Å²) in [6.07, 6.45) is 4.31. The average molecular weight is 351 g/mol. The molecule has 0 spiro atoms. The zero-order valence-electron chi connectivity index (χ0n) is 13.1. The minimum atomic E-state index is -3.57. The molecular weight excluding hydrogens is 333 g/mol. The van der Waals surface area contributed by atoms with Crippen molar-refractivity contribution in [3.8, 4) is 0 Å². The van der Waals surface area contributed by atoms with E-state index in [1.807, 2.05) is 6.07 Å². The van der Waals surface area contributed by atoms with Crippen molar-refractivity contribution in [3.63, 3.8) is 0 Å². The molecule has 0 aliphatic rings. The number of nitrogens with one attached hydrogen (secondary N) is 1. The van der Waals surface area contributed by atoms with Crippen LogP contribution in [0.25, 0.3) is 0 Å². The second-order valence-electron chi connectivity index (χ2n) is 5.20. The molecule has 0 atom stereocenters. The molecule has 1 aromatic heterocycles. The number of amides is 1. The lowest BCUT2D eigenvalue weighted by atomic mass is 10.2. The highest BCUT2D eigenvalue weighted by atomic mass is 32.2. The monoisotopic (exact) mass is 351 g/mol. The van der Waals surface area contributed by atoms with Gasteiger partial charge in [-0.2, -0.15) is 0 Å². The summed E-state index contributed by atoms with van der Waals surface area (Å²) in [5.74, 6) is -0.740. The molecule has 0 saturated carbocycles. The summed E-state index contributed by atoms with van der Waals surface area (Å²) in [6, 6.07) is 8.68. The van der Waals surface area contributed by atoms with Crippen molar-refractivity contribution in [2.24, 2.45) is 0 Å². The fraction of sp³-hybridized carbons (Fsp3) is 0.250. The predicted octanol–water partition coefficient (Wildman–Crippen LogP) is 1.69. The second kappa shape index (κ2) is 7.87. The Morgan fingerprint density at radius 3 is 2.54 bits per heavy atom. The van der Waals surface area contributed by atoms with Gasteiger partial charge in [0.1, 0.15) is 5.82 Å². The van der Waals surface area contributed by atoms with Crippen molar-refractivity contribution >= 4 is 21.6 Å². The number of halogens is 1. The summed E-state index contributed by atoms with van der Waals surface area (Å²) >= 11 is 0. The molecule has 8 heteroatoms. The topological polar surface area (TPSA) is 79.4 Å². The number of benzene rings is 1. The quantitative estimate of drug-likeness (QED) is 0.823. The van der Waals surface area contributed by atoms with Gasteiger partial charge in [0, 0.05) is 31.9 Å². The third-order valence-electron chi connectivity index (χ3n) is 3.27. The number of carbonyl (C=O) groups excluding carboxylic acids is 1. The van der Waals surface area contributed by atoms with E-state index in [1.165, 1.54) is 24.3 Å². The number of nitrogens with zero attached hydrogens (tertiary/aromatic N) is 2. The summed E-state index contributed by atoms with van der Waals surface area (Å²) in [4.78, 5) is 15.9. The molecule has 128 valence electrons. The Bertz CT molecular complexity index is 780. The van der Waals surface area contributed by atoms with Gasteiger partial charge in [0.2, 0.25) is 15.9 Å². The van der Waals surface area contributed by atoms with Crippen LogP contribution in [0.5, 0.6) is 0 Å². The number of sulfonamides is 1. The van der Waals surface area contributed by atoms with Gasteiger partial charge in [-0.1, -0.05) is 6.07 Å². The van der Waals surface area contributed by atoms with Crippen molar-refractivity contribution in [1.82, 2.24) is 10.3 Å². The molecule has 1 aromatic carbocycles. The number of aromatic nitrogens is 1. The van der Waals surface area contributed by atoms with E-state index in [4.69, 9.17) is 0 Å². The van der Waals surface area contributed by atoms with Crippen LogP contribution in [0.15, 0.2) is 48.8 Å². The van der Waals surface area contributed by atoms with Gasteiger partial charge >= 0.3 is 0 Å². The molecule has 1 heterocycles. The largest absolute Gasteiger partial charge is 0.352 e. The number of rotatable bonds is 7. The van der Waals surface area contributed by atoms with Crippen LogP contribution in [0, 0.1) is 5.82 Å². The number of hydrogen-bond donors (Lipinski definition) is 1. The van der Waals surface area contributed by atoms with E-state index in [1.54, 1.807) is 18.5 Å². The Balaban J connectivity index is 1.95. The first-order valence-electron chi connectivity index (χ1n) is 7.25. The van der Waals surface area contributed by atoms with Crippen molar-refractivity contribution < 1.29 is 17.6 Å². The summed E-state index contributed by atoms with van der Waals surface area (Å²) in [5.41, 5.74) is 1.17. The van der Waals surface area contributed by atoms with E-state index in [-0.39, 0.29) is 18.9 Å². The van der Waals surface area contributed by atoms with Crippen molar-refractivity contribution in [1.29, 1.82) is 0 Å². The van der Waals surface area contributed by atoms with Gasteiger partial charge in [0.15, 0.2) is 0 Å². The number of anilines is 1. The Morgan fingerprint density at radius 1 is 1.25 bits per heavy atom. The summed E-state index contributed by atoms with van der Waals surface area (Å²) in [5, 5.41) is 2.71. The Labute approximate surface area is 140 Å². The van der Waals surface area contributed by atoms with Gasteiger partial charge in [0.25, 0.3) is 0 Å². The summed E-state index contributed by atoms with van der Waals surface area (Å²) < 4.78 is 37.9. The lowest BCUT2D eigenvalue weighted by Gasteiger charge is -2.22. The van der Waals surface area contributed by atoms with E-state index in [9.17, 15) is 17.6 Å². The minimum absolute atomic E-state index is 0.00922. The maximum atomic E-state index is 13.0. The molecule has 0 radical (unpaired) electrons. The maximum absolute atomic E-state index is 13.0. The standard InChI is InChI=1S/C16H18FN3O3S/c1-24(22,23)20(15-6-4-14(17)5-7-15)10-8-16(21)19-12-13-3-2-9-18-11-13/h2-7,9,11H,8,10,12H2,1H3,(H,19,21). The zero-order chi connectivity index (χ0) is 17.6. The van der Waals surface area contributed by atoms with Crippen LogP contribution in [-0.4, -0.2) is 32.1 Å². The first-order valence-corrected chi connectivity index (χ1v) is 9.10. The van der Waals surface area contributed by atoms with E-state index in [2.05, 4.69) is 10.3 Å². The van der Waals surface area contributed by atoms with Gasteiger partial charge in [-0.25, -0.2) is 12.8 Å². The molecule has 1 N–H and O–H groups in total. The van der Waals surface area contributed by atoms with Crippen molar-refractivity contribution in [3.05, 3.63) is 60.2 Å². The molecule has 1 amide bonds. The van der Waals surface area contributed by atoms with E-state index in [0.717, 1.165) is 16.1 Å². The van der Waals surface area contributed by atoms with Gasteiger partial charge in [-0.15, -0.1) is 0 Å². The molecule has 6 nitrogen and oxygen atoms in total. The zero-order valence-corrected chi connectivity index (χ0v) is 14.0. The highest BCUT2D eigenvalue weighted by Gasteiger charge is 2.18. The number of carbonyl (C=O) groups is 1. The third-order valence-corrected chi connectivity index (χ3v) is 4.46. The molecule has 0 saturated heterocycles. The Hall–Kier alpha value is -2.48. The van der Waals surface area contributed by atoms with Crippen molar-refractivity contribution in [2.75, 3.05) is 17.1 Å². The first kappa shape index (κ1) is 17.9. The fourth-order valence-corrected chi connectivity index (χ4v) is 3.02. The van der Waals surface area contributed by atoms with Crippen LogP contribution < -0.4 is 9.62 Å². The van der Waals surface area contributed by atoms with Crippen LogP contribution in [0.3, 0.4) is 0 Å². The average Bonchev–Trinajstić information content (AvgIpc) is 2.54. The van der Waals surface area contributed by atoms with Crippen LogP contribution in [0.1, 0.15) is 12.0 Å². The summed E-state index contributed by atoms with van der Waals surface area (Å²) in [7, 11) is -3.57. The smallest absolute Gasteiger partial charge is 0.232 e. The Morgan fingerprint density at radius 2 is 1.96 bits per heavy atom. The highest BCUT2D eigenvalue weighted by molar-refractivity contribution is 7.92. The molecule has 0 aliphatic carbocycles. The van der Waals surface area contributed by atoms with Crippen LogP contribution in [0.2, 0.25) is 0 Å². The lowest BCUT2D eigenvalue weighted by Crippen LogP contribution is -2.34. The molecular formula is C16H18FN3O3S. The molecule has 24 heavy (non-hydrogen) atoms. The normalized spacial score (nSPS) is 11.1. The van der Waals surface area contributed by atoms with Crippen LogP contribution in [0.4, 0.5) is 10.1 Å². The van der Waals surface area contributed by atoms with Crippen molar-refractivity contribution in [2.45, 2.75) is 13.0 Å². The first-order chi connectivity index (χ1) is 11.4. The maximum Gasteiger partial charge on any atom is 0.232 e. The SMILES string of the molecule is CS(=O)(=O)N(CCC(=O)NCc1cccnc1)c1ccc(F)cc1. The number of pyridine rings is 1.